The van der Waals surface area contributed by atoms with E-state index >= 15 is 0 Å². The second-order valence-corrected chi connectivity index (χ2v) is 5.02. The van der Waals surface area contributed by atoms with Gasteiger partial charge in [-0.2, -0.15) is 0 Å². The maximum Gasteiger partial charge on any atom is 0.325 e. The molecule has 1 fully saturated rings. The third-order valence-corrected chi connectivity index (χ3v) is 3.71. The van der Waals surface area contributed by atoms with Crippen molar-refractivity contribution in [2.45, 2.75) is 50.7 Å². The normalized spacial score (nSPS) is 21.6. The predicted molar refractivity (Wildman–Crippen MR) is 64.3 cm³/mol. The molecule has 4 nitrogen and oxygen atoms in total. The fourth-order valence-electron chi connectivity index (χ4n) is 2.09. The Morgan fingerprint density at radius 2 is 2.19 bits per heavy atom. The number of methoxy groups -OCH3 is 1. The van der Waals surface area contributed by atoms with Gasteiger partial charge in [0.15, 0.2) is 0 Å². The van der Waals surface area contributed by atoms with Crippen molar-refractivity contribution in [1.29, 1.82) is 0 Å². The molecule has 0 aliphatic heterocycles. The van der Waals surface area contributed by atoms with Gasteiger partial charge in [0.25, 0.3) is 0 Å². The molecular formula is C12H24N2O2. The lowest BCUT2D eigenvalue weighted by atomic mass is 9.93. The van der Waals surface area contributed by atoms with Crippen LogP contribution in [0.5, 0.6) is 0 Å². The number of rotatable bonds is 6. The number of nitrogens with one attached hydrogen (secondary N) is 1. The summed E-state index contributed by atoms with van der Waals surface area (Å²) in [6.07, 6.45) is 3.34. The van der Waals surface area contributed by atoms with E-state index in [1.165, 1.54) is 20.0 Å². The minimum absolute atomic E-state index is 0.189. The summed E-state index contributed by atoms with van der Waals surface area (Å²) in [6, 6.07) is 1.10. The summed E-state index contributed by atoms with van der Waals surface area (Å²) in [5.74, 6) is -0.189. The number of carbonyl (C=O) groups excluding carboxylic acids is 1. The molecule has 0 heterocycles. The Morgan fingerprint density at radius 1 is 1.62 bits per heavy atom. The molecule has 0 aromatic rings. The molecule has 0 amide bonds. The van der Waals surface area contributed by atoms with Gasteiger partial charge in [0, 0.05) is 12.1 Å². The fourth-order valence-corrected chi connectivity index (χ4v) is 2.09. The standard InChI is InChI=1S/C12H24N2O2/c1-9(14(4)10-6-7-10)8-12(2,13-3)11(15)16-5/h9-10,13H,6-8H2,1-5H3. The number of nitrogens with zero attached hydrogens (tertiary/aromatic N) is 1. The quantitative estimate of drug-likeness (QED) is 0.689. The van der Waals surface area contributed by atoms with E-state index in [0.29, 0.717) is 12.1 Å². The minimum Gasteiger partial charge on any atom is -0.468 e. The number of carbonyl (C=O) groups is 1. The van der Waals surface area contributed by atoms with Crippen molar-refractivity contribution in [3.05, 3.63) is 0 Å². The Balaban J connectivity index is 2.57. The lowest BCUT2D eigenvalue weighted by Gasteiger charge is -2.33. The van der Waals surface area contributed by atoms with Crippen LogP contribution < -0.4 is 5.32 Å². The van der Waals surface area contributed by atoms with Gasteiger partial charge in [-0.1, -0.05) is 0 Å². The zero-order chi connectivity index (χ0) is 12.3. The highest BCUT2D eigenvalue weighted by atomic mass is 16.5. The topological polar surface area (TPSA) is 41.6 Å². The van der Waals surface area contributed by atoms with Crippen molar-refractivity contribution < 1.29 is 9.53 Å². The first-order chi connectivity index (χ1) is 7.44. The molecule has 16 heavy (non-hydrogen) atoms. The van der Waals surface area contributed by atoms with E-state index in [1.54, 1.807) is 7.05 Å². The molecule has 1 rings (SSSR count). The maximum absolute atomic E-state index is 11.7. The third kappa shape index (κ3) is 2.95. The summed E-state index contributed by atoms with van der Waals surface area (Å²) < 4.78 is 4.84. The van der Waals surface area contributed by atoms with Crippen LogP contribution in [0.25, 0.3) is 0 Å². The van der Waals surface area contributed by atoms with E-state index in [1.807, 2.05) is 6.92 Å². The Kier molecular flexibility index (Phi) is 4.33. The first kappa shape index (κ1) is 13.5. The van der Waals surface area contributed by atoms with Crippen LogP contribution in [0.15, 0.2) is 0 Å². The van der Waals surface area contributed by atoms with Gasteiger partial charge >= 0.3 is 5.97 Å². The molecule has 0 aromatic heterocycles. The van der Waals surface area contributed by atoms with Crippen LogP contribution in [-0.4, -0.2) is 49.7 Å². The monoisotopic (exact) mass is 228 g/mol. The highest BCUT2D eigenvalue weighted by Crippen LogP contribution is 2.29. The summed E-state index contributed by atoms with van der Waals surface area (Å²) in [5, 5.41) is 3.07. The predicted octanol–water partition coefficient (Wildman–Crippen LogP) is 1.01. The molecule has 0 spiro atoms. The van der Waals surface area contributed by atoms with Gasteiger partial charge < -0.3 is 15.0 Å². The molecule has 1 saturated carbocycles. The second kappa shape index (κ2) is 5.15. The lowest BCUT2D eigenvalue weighted by Crippen LogP contribution is -2.52. The van der Waals surface area contributed by atoms with Crippen molar-refractivity contribution in [3.63, 3.8) is 0 Å². The number of esters is 1. The average Bonchev–Trinajstić information content (AvgIpc) is 3.10. The average molecular weight is 228 g/mol. The van der Waals surface area contributed by atoms with Gasteiger partial charge in [-0.05, 0) is 47.2 Å². The second-order valence-electron chi connectivity index (χ2n) is 5.02. The molecular weight excluding hydrogens is 204 g/mol. The highest BCUT2D eigenvalue weighted by Gasteiger charge is 2.37. The van der Waals surface area contributed by atoms with Gasteiger partial charge in [-0.15, -0.1) is 0 Å². The summed E-state index contributed by atoms with van der Waals surface area (Å²) >= 11 is 0. The molecule has 0 radical (unpaired) electrons. The van der Waals surface area contributed by atoms with Crippen molar-refractivity contribution in [2.24, 2.45) is 0 Å². The number of hydrogen-bond donors (Lipinski definition) is 1. The first-order valence-electron chi connectivity index (χ1n) is 5.94. The Morgan fingerprint density at radius 3 is 2.56 bits per heavy atom. The molecule has 2 unspecified atom stereocenters. The molecule has 2 atom stereocenters. The van der Waals surface area contributed by atoms with Crippen molar-refractivity contribution in [2.75, 3.05) is 21.2 Å². The Hall–Kier alpha value is -0.610. The minimum atomic E-state index is -0.586. The molecule has 0 aromatic carbocycles. The molecule has 0 saturated heterocycles. The van der Waals surface area contributed by atoms with Crippen LogP contribution in [-0.2, 0) is 9.53 Å². The van der Waals surface area contributed by atoms with Gasteiger partial charge in [-0.25, -0.2) is 0 Å². The van der Waals surface area contributed by atoms with Crippen LogP contribution in [0.1, 0.15) is 33.1 Å². The summed E-state index contributed by atoms with van der Waals surface area (Å²) in [7, 11) is 5.38. The van der Waals surface area contributed by atoms with E-state index in [2.05, 4.69) is 24.2 Å². The largest absolute Gasteiger partial charge is 0.468 e. The zero-order valence-electron chi connectivity index (χ0n) is 11.0. The van der Waals surface area contributed by atoms with E-state index in [-0.39, 0.29) is 5.97 Å². The van der Waals surface area contributed by atoms with E-state index in [0.717, 1.165) is 6.42 Å². The van der Waals surface area contributed by atoms with Crippen molar-refractivity contribution in [1.82, 2.24) is 10.2 Å². The lowest BCUT2D eigenvalue weighted by molar-refractivity contribution is -0.148. The first-order valence-corrected chi connectivity index (χ1v) is 5.94. The van der Waals surface area contributed by atoms with E-state index in [9.17, 15) is 4.79 Å². The van der Waals surface area contributed by atoms with Crippen LogP contribution in [0, 0.1) is 0 Å². The summed E-state index contributed by atoms with van der Waals surface area (Å²) in [5.41, 5.74) is -0.586. The van der Waals surface area contributed by atoms with Gasteiger partial charge in [0.1, 0.15) is 5.54 Å². The van der Waals surface area contributed by atoms with E-state index < -0.39 is 5.54 Å². The third-order valence-electron chi connectivity index (χ3n) is 3.71. The van der Waals surface area contributed by atoms with Gasteiger partial charge in [0.05, 0.1) is 7.11 Å². The van der Waals surface area contributed by atoms with Gasteiger partial charge in [-0.3, -0.25) is 4.79 Å². The number of likely N-dealkylation sites (N-methyl/N-ethyl adjacent to an activating group) is 1. The van der Waals surface area contributed by atoms with E-state index in [4.69, 9.17) is 4.74 Å². The Bertz CT molecular complexity index is 253. The fraction of sp³-hybridized carbons (Fsp3) is 0.917. The molecule has 4 heteroatoms. The van der Waals surface area contributed by atoms with Crippen molar-refractivity contribution in [3.8, 4) is 0 Å². The van der Waals surface area contributed by atoms with Crippen LogP contribution in [0.4, 0.5) is 0 Å². The molecule has 1 aliphatic rings. The van der Waals surface area contributed by atoms with Crippen LogP contribution in [0.2, 0.25) is 0 Å². The number of hydrogen-bond acceptors (Lipinski definition) is 4. The molecule has 1 aliphatic carbocycles. The van der Waals surface area contributed by atoms with Gasteiger partial charge in [0.2, 0.25) is 0 Å². The summed E-state index contributed by atoms with van der Waals surface area (Å²) in [4.78, 5) is 14.1. The molecule has 94 valence electrons. The molecule has 0 bridgehead atoms. The maximum atomic E-state index is 11.7. The number of ether oxygens (including phenoxy) is 1. The Labute approximate surface area is 98.3 Å². The van der Waals surface area contributed by atoms with Crippen LogP contribution in [0.3, 0.4) is 0 Å². The highest BCUT2D eigenvalue weighted by molar-refractivity contribution is 5.80. The summed E-state index contributed by atoms with van der Waals surface area (Å²) in [6.45, 7) is 4.06. The zero-order valence-corrected chi connectivity index (χ0v) is 11.0. The molecule has 1 N–H and O–H groups in total. The SMILES string of the molecule is CNC(C)(CC(C)N(C)C1CC1)C(=O)OC. The van der Waals surface area contributed by atoms with Crippen LogP contribution >= 0.6 is 0 Å². The van der Waals surface area contributed by atoms with Crippen molar-refractivity contribution >= 4 is 5.97 Å². The smallest absolute Gasteiger partial charge is 0.325 e.